The van der Waals surface area contributed by atoms with Crippen molar-refractivity contribution in [3.63, 3.8) is 0 Å². The summed E-state index contributed by atoms with van der Waals surface area (Å²) in [7, 11) is 0. The van der Waals surface area contributed by atoms with Gasteiger partial charge in [-0.2, -0.15) is 18.2 Å². The average molecular weight is 369 g/mol. The molecule has 26 heavy (non-hydrogen) atoms. The minimum absolute atomic E-state index is 0.151. The zero-order chi connectivity index (χ0) is 18.5. The molecule has 142 valence electrons. The first-order chi connectivity index (χ1) is 12.2. The molecule has 0 atom stereocenters. The second-order valence-electron chi connectivity index (χ2n) is 8.11. The summed E-state index contributed by atoms with van der Waals surface area (Å²) in [6.07, 6.45) is 2.99. The van der Waals surface area contributed by atoms with Gasteiger partial charge in [-0.1, -0.05) is 6.58 Å². The molecule has 0 saturated heterocycles. The van der Waals surface area contributed by atoms with Gasteiger partial charge in [0.25, 0.3) is 5.91 Å². The lowest BCUT2D eigenvalue weighted by atomic mass is 9.53. The van der Waals surface area contributed by atoms with E-state index in [1.54, 1.807) is 0 Å². The van der Waals surface area contributed by atoms with Crippen molar-refractivity contribution in [3.05, 3.63) is 24.2 Å². The first kappa shape index (κ1) is 17.4. The van der Waals surface area contributed by atoms with Crippen LogP contribution in [0.25, 0.3) is 0 Å². The average Bonchev–Trinajstić information content (AvgIpc) is 2.50. The van der Waals surface area contributed by atoms with Crippen LogP contribution in [0.1, 0.15) is 38.5 Å². The van der Waals surface area contributed by atoms with Gasteiger partial charge < -0.3 is 15.4 Å². The third-order valence-electron chi connectivity index (χ3n) is 5.89. The van der Waals surface area contributed by atoms with Crippen LogP contribution in [-0.2, 0) is 9.53 Å². The van der Waals surface area contributed by atoms with Gasteiger partial charge in [-0.15, -0.1) is 0 Å². The molecule has 5 nitrogen and oxygen atoms in total. The Morgan fingerprint density at radius 1 is 1.27 bits per heavy atom. The van der Waals surface area contributed by atoms with Crippen LogP contribution in [0.5, 0.6) is 0 Å². The molecule has 5 aliphatic rings. The van der Waals surface area contributed by atoms with Crippen LogP contribution in [-0.4, -0.2) is 30.1 Å². The number of hydrogen-bond donors (Lipinski definition) is 2. The molecule has 0 aromatic heterocycles. The molecule has 0 spiro atoms. The number of allylic oxidation sites excluding steroid dienone is 1. The standard InChI is InChI=1S/C18H22F3N3O2/c1-10-22-14(18(19,20)21)5-16(23-10)26-9-15(25)24-17-6-11-2-12(7-17)4-13(3-11)8-17/h5,11-13,22H,1-4,6-9H2,(H,24,25). The number of halogens is 3. The first-order valence-electron chi connectivity index (χ1n) is 8.98. The van der Waals surface area contributed by atoms with Gasteiger partial charge in [0, 0.05) is 11.6 Å². The number of ether oxygens (including phenoxy) is 1. The molecule has 1 heterocycles. The maximum atomic E-state index is 12.8. The summed E-state index contributed by atoms with van der Waals surface area (Å²) >= 11 is 0. The quantitative estimate of drug-likeness (QED) is 0.804. The van der Waals surface area contributed by atoms with Gasteiger partial charge >= 0.3 is 6.18 Å². The van der Waals surface area contributed by atoms with Crippen LogP contribution in [0.4, 0.5) is 13.2 Å². The van der Waals surface area contributed by atoms with Crippen molar-refractivity contribution in [1.29, 1.82) is 0 Å². The Balaban J connectivity index is 1.36. The van der Waals surface area contributed by atoms with Gasteiger partial charge in [0.05, 0.1) is 0 Å². The van der Waals surface area contributed by atoms with E-state index < -0.39 is 11.9 Å². The van der Waals surface area contributed by atoms with Gasteiger partial charge in [0.1, 0.15) is 11.5 Å². The molecule has 4 fully saturated rings. The largest absolute Gasteiger partial charge is 0.467 e. The van der Waals surface area contributed by atoms with Crippen molar-refractivity contribution in [1.82, 2.24) is 10.6 Å². The number of hydrogen-bond acceptors (Lipinski definition) is 4. The molecule has 0 aromatic rings. The fourth-order valence-corrected chi connectivity index (χ4v) is 5.47. The molecule has 4 aliphatic carbocycles. The van der Waals surface area contributed by atoms with Crippen molar-refractivity contribution in [3.8, 4) is 0 Å². The lowest BCUT2D eigenvalue weighted by Crippen LogP contribution is -2.60. The van der Waals surface area contributed by atoms with E-state index in [0.717, 1.165) is 25.3 Å². The SMILES string of the molecule is C=C1N=C(OCC(=O)NC23CC4CC(CC(C4)C2)C3)C=C(C(F)(F)F)N1. The Morgan fingerprint density at radius 3 is 2.38 bits per heavy atom. The molecular weight excluding hydrogens is 347 g/mol. The second kappa shape index (κ2) is 6.03. The number of rotatable bonds is 3. The highest BCUT2D eigenvalue weighted by atomic mass is 19.4. The first-order valence-corrected chi connectivity index (χ1v) is 8.98. The Kier molecular flexibility index (Phi) is 4.04. The molecule has 8 heteroatoms. The molecule has 2 N–H and O–H groups in total. The second-order valence-corrected chi connectivity index (χ2v) is 8.11. The number of amides is 1. The summed E-state index contributed by atoms with van der Waals surface area (Å²) in [6, 6.07) is 0. The number of alkyl halides is 3. The van der Waals surface area contributed by atoms with E-state index in [-0.39, 0.29) is 29.8 Å². The Labute approximate surface area is 149 Å². The highest BCUT2D eigenvalue weighted by molar-refractivity contribution is 5.92. The Bertz CT molecular complexity index is 661. The zero-order valence-electron chi connectivity index (χ0n) is 14.4. The Hall–Kier alpha value is -1.99. The third-order valence-corrected chi connectivity index (χ3v) is 5.89. The minimum atomic E-state index is -4.56. The molecule has 4 bridgehead atoms. The van der Waals surface area contributed by atoms with E-state index in [1.807, 2.05) is 0 Å². The molecule has 5 rings (SSSR count). The summed E-state index contributed by atoms with van der Waals surface area (Å²) < 4.78 is 43.7. The van der Waals surface area contributed by atoms with Crippen molar-refractivity contribution >= 4 is 11.8 Å². The van der Waals surface area contributed by atoms with Gasteiger partial charge in [-0.3, -0.25) is 4.79 Å². The number of carbonyl (C=O) groups excluding carboxylic acids is 1. The van der Waals surface area contributed by atoms with E-state index in [2.05, 4.69) is 22.2 Å². The summed E-state index contributed by atoms with van der Waals surface area (Å²) in [5, 5.41) is 5.17. The molecule has 1 amide bonds. The fourth-order valence-electron chi connectivity index (χ4n) is 5.47. The molecule has 1 aliphatic heterocycles. The maximum absolute atomic E-state index is 12.8. The van der Waals surface area contributed by atoms with Crippen molar-refractivity contribution < 1.29 is 22.7 Å². The van der Waals surface area contributed by atoms with Crippen LogP contribution < -0.4 is 10.6 Å². The van der Waals surface area contributed by atoms with Crippen LogP contribution in [0.3, 0.4) is 0 Å². The maximum Gasteiger partial charge on any atom is 0.431 e. The number of aliphatic imine (C=N–C) groups is 1. The zero-order valence-corrected chi connectivity index (χ0v) is 14.4. The predicted molar refractivity (Wildman–Crippen MR) is 88.8 cm³/mol. The van der Waals surface area contributed by atoms with E-state index in [0.29, 0.717) is 17.8 Å². The van der Waals surface area contributed by atoms with E-state index in [4.69, 9.17) is 4.74 Å². The number of nitrogens with zero attached hydrogens (tertiary/aromatic N) is 1. The van der Waals surface area contributed by atoms with Crippen molar-refractivity contribution in [2.75, 3.05) is 6.61 Å². The lowest BCUT2D eigenvalue weighted by molar-refractivity contribution is -0.129. The molecular formula is C18H22F3N3O2. The van der Waals surface area contributed by atoms with Crippen molar-refractivity contribution in [2.24, 2.45) is 22.7 Å². The molecule has 4 saturated carbocycles. The van der Waals surface area contributed by atoms with Crippen LogP contribution in [0.2, 0.25) is 0 Å². The van der Waals surface area contributed by atoms with Crippen LogP contribution in [0, 0.1) is 17.8 Å². The molecule has 0 unspecified atom stereocenters. The van der Waals surface area contributed by atoms with Crippen molar-refractivity contribution in [2.45, 2.75) is 50.2 Å². The smallest absolute Gasteiger partial charge is 0.431 e. The van der Waals surface area contributed by atoms with Crippen LogP contribution >= 0.6 is 0 Å². The lowest BCUT2D eigenvalue weighted by Gasteiger charge is -2.56. The van der Waals surface area contributed by atoms with E-state index >= 15 is 0 Å². The minimum Gasteiger partial charge on any atom is -0.467 e. The highest BCUT2D eigenvalue weighted by Crippen LogP contribution is 2.55. The fraction of sp³-hybridized carbons (Fsp3) is 0.667. The van der Waals surface area contributed by atoms with Crippen LogP contribution in [0.15, 0.2) is 29.2 Å². The topological polar surface area (TPSA) is 62.7 Å². The summed E-state index contributed by atoms with van der Waals surface area (Å²) in [4.78, 5) is 16.1. The van der Waals surface area contributed by atoms with Gasteiger partial charge in [-0.25, -0.2) is 0 Å². The van der Waals surface area contributed by atoms with E-state index in [1.165, 1.54) is 19.3 Å². The van der Waals surface area contributed by atoms with Gasteiger partial charge in [0.15, 0.2) is 6.61 Å². The number of carbonyl (C=O) groups is 1. The Morgan fingerprint density at radius 2 is 1.85 bits per heavy atom. The van der Waals surface area contributed by atoms with Gasteiger partial charge in [-0.05, 0) is 56.3 Å². The van der Waals surface area contributed by atoms with E-state index in [9.17, 15) is 18.0 Å². The highest BCUT2D eigenvalue weighted by Gasteiger charge is 2.51. The number of nitrogens with one attached hydrogen (secondary N) is 2. The molecule has 0 radical (unpaired) electrons. The normalized spacial score (nSPS) is 35.5. The predicted octanol–water partition coefficient (Wildman–Crippen LogP) is 3.01. The summed E-state index contributed by atoms with van der Waals surface area (Å²) in [5.41, 5.74) is -1.16. The summed E-state index contributed by atoms with van der Waals surface area (Å²) in [5.74, 6) is 1.34. The monoisotopic (exact) mass is 369 g/mol. The van der Waals surface area contributed by atoms with Gasteiger partial charge in [0.2, 0.25) is 5.90 Å². The third kappa shape index (κ3) is 3.46. The molecule has 0 aromatic carbocycles. The summed E-state index contributed by atoms with van der Waals surface area (Å²) in [6.45, 7) is 3.03.